The first kappa shape index (κ1) is 12.9. The maximum Gasteiger partial charge on any atom is 0.164 e. The zero-order valence-corrected chi connectivity index (χ0v) is 11.3. The second-order valence-corrected chi connectivity index (χ2v) is 5.63. The first-order valence-electron chi connectivity index (χ1n) is 6.66. The third-order valence-corrected chi connectivity index (χ3v) is 4.29. The van der Waals surface area contributed by atoms with Gasteiger partial charge in [-0.05, 0) is 24.8 Å². The number of imidazole rings is 1. The van der Waals surface area contributed by atoms with Crippen LogP contribution in [0.15, 0.2) is 18.6 Å². The molecule has 1 aliphatic carbocycles. The summed E-state index contributed by atoms with van der Waals surface area (Å²) in [6, 6.07) is 1.53. The molecule has 5 heteroatoms. The molecule has 1 atom stereocenters. The normalized spacial score (nSPS) is 18.9. The van der Waals surface area contributed by atoms with Crippen molar-refractivity contribution in [3.8, 4) is 0 Å². The lowest BCUT2D eigenvalue weighted by atomic mass is 9.84. The van der Waals surface area contributed by atoms with Crippen molar-refractivity contribution < 1.29 is 9.50 Å². The van der Waals surface area contributed by atoms with E-state index in [9.17, 15) is 9.50 Å². The highest BCUT2D eigenvalue weighted by molar-refractivity contribution is 6.31. The second-order valence-electron chi connectivity index (χ2n) is 5.22. The average Bonchev–Trinajstić information content (AvgIpc) is 2.88. The number of rotatable bonds is 2. The maximum absolute atomic E-state index is 14.3. The summed E-state index contributed by atoms with van der Waals surface area (Å²) in [5.74, 6) is -0.433. The van der Waals surface area contributed by atoms with Gasteiger partial charge in [-0.15, -0.1) is 0 Å². The van der Waals surface area contributed by atoms with Gasteiger partial charge in [0.15, 0.2) is 5.82 Å². The largest absolute Gasteiger partial charge is 0.386 e. The number of aliphatic hydroxyl groups is 1. The van der Waals surface area contributed by atoms with Crippen molar-refractivity contribution in [2.45, 2.75) is 38.2 Å². The summed E-state index contributed by atoms with van der Waals surface area (Å²) in [5.41, 5.74) is 0.947. The number of halogens is 2. The molecular formula is C14H16ClFN2O. The van der Waals surface area contributed by atoms with E-state index in [0.717, 1.165) is 25.7 Å². The number of aliphatic hydroxyl groups excluding tert-OH is 1. The Bertz CT molecular complexity index is 592. The van der Waals surface area contributed by atoms with Gasteiger partial charge >= 0.3 is 0 Å². The van der Waals surface area contributed by atoms with E-state index in [-0.39, 0.29) is 16.6 Å². The Hall–Kier alpha value is -1.13. The molecule has 0 bridgehead atoms. The lowest BCUT2D eigenvalue weighted by molar-refractivity contribution is 0.0766. The monoisotopic (exact) mass is 282 g/mol. The minimum atomic E-state index is -0.823. The van der Waals surface area contributed by atoms with Gasteiger partial charge in [0.1, 0.15) is 6.10 Å². The molecule has 1 saturated carbocycles. The van der Waals surface area contributed by atoms with E-state index >= 15 is 0 Å². The Kier molecular flexibility index (Phi) is 3.46. The molecule has 2 heterocycles. The summed E-state index contributed by atoms with van der Waals surface area (Å²) in [7, 11) is 0. The fourth-order valence-corrected chi connectivity index (χ4v) is 3.19. The van der Waals surface area contributed by atoms with Crippen LogP contribution in [0.25, 0.3) is 5.52 Å². The average molecular weight is 283 g/mol. The van der Waals surface area contributed by atoms with Crippen LogP contribution in [-0.2, 0) is 0 Å². The van der Waals surface area contributed by atoms with Crippen molar-refractivity contribution in [2.24, 2.45) is 5.92 Å². The van der Waals surface area contributed by atoms with Crippen LogP contribution in [0.5, 0.6) is 0 Å². The summed E-state index contributed by atoms with van der Waals surface area (Å²) >= 11 is 5.91. The molecule has 1 aliphatic rings. The van der Waals surface area contributed by atoms with Crippen LogP contribution in [0.4, 0.5) is 4.39 Å². The summed E-state index contributed by atoms with van der Waals surface area (Å²) in [6.07, 6.45) is 7.57. The van der Waals surface area contributed by atoms with Gasteiger partial charge in [0.25, 0.3) is 0 Å². The molecule has 3 rings (SSSR count). The topological polar surface area (TPSA) is 37.5 Å². The molecule has 0 spiro atoms. The SMILES string of the molecule is OC(c1c(F)c(Cl)cc2cncn12)C1CCCCC1. The van der Waals surface area contributed by atoms with Crippen LogP contribution in [0, 0.1) is 11.7 Å². The van der Waals surface area contributed by atoms with Crippen molar-refractivity contribution >= 4 is 17.1 Å². The molecule has 1 N–H and O–H groups in total. The Morgan fingerprint density at radius 1 is 1.37 bits per heavy atom. The van der Waals surface area contributed by atoms with E-state index in [1.54, 1.807) is 10.6 Å². The van der Waals surface area contributed by atoms with Gasteiger partial charge in [0.2, 0.25) is 0 Å². The lowest BCUT2D eigenvalue weighted by Crippen LogP contribution is -2.19. The third kappa shape index (κ3) is 2.23. The molecule has 102 valence electrons. The number of nitrogens with zero attached hydrogens (tertiary/aromatic N) is 2. The van der Waals surface area contributed by atoms with Crippen LogP contribution >= 0.6 is 11.6 Å². The standard InChI is InChI=1S/C14H16ClFN2O/c15-11-6-10-7-17-8-18(10)13(12(11)16)14(19)9-4-2-1-3-5-9/h6-9,14,19H,1-5H2. The number of aromatic nitrogens is 2. The summed E-state index contributed by atoms with van der Waals surface area (Å²) < 4.78 is 15.9. The van der Waals surface area contributed by atoms with Crippen molar-refractivity contribution in [2.75, 3.05) is 0 Å². The van der Waals surface area contributed by atoms with Crippen LogP contribution in [-0.4, -0.2) is 14.5 Å². The zero-order valence-electron chi connectivity index (χ0n) is 10.5. The fourth-order valence-electron chi connectivity index (χ4n) is 2.98. The van der Waals surface area contributed by atoms with Gasteiger partial charge in [0.05, 0.1) is 28.8 Å². The quantitative estimate of drug-likeness (QED) is 0.911. The van der Waals surface area contributed by atoms with Gasteiger partial charge in [-0.2, -0.15) is 0 Å². The highest BCUT2D eigenvalue weighted by Gasteiger charge is 2.28. The molecule has 3 nitrogen and oxygen atoms in total. The van der Waals surface area contributed by atoms with Crippen LogP contribution in [0.3, 0.4) is 0 Å². The highest BCUT2D eigenvalue weighted by Crippen LogP contribution is 2.36. The van der Waals surface area contributed by atoms with E-state index in [1.807, 2.05) is 0 Å². The fraction of sp³-hybridized carbons (Fsp3) is 0.500. The summed E-state index contributed by atoms with van der Waals surface area (Å²) in [6.45, 7) is 0. The summed E-state index contributed by atoms with van der Waals surface area (Å²) in [4.78, 5) is 4.00. The molecule has 2 aromatic rings. The molecule has 1 unspecified atom stereocenters. The van der Waals surface area contributed by atoms with Gasteiger partial charge in [0, 0.05) is 0 Å². The van der Waals surface area contributed by atoms with E-state index in [4.69, 9.17) is 11.6 Å². The predicted octanol–water partition coefficient (Wildman–Crippen LogP) is 3.74. The third-order valence-electron chi connectivity index (χ3n) is 4.01. The number of hydrogen-bond acceptors (Lipinski definition) is 2. The minimum Gasteiger partial charge on any atom is -0.386 e. The van der Waals surface area contributed by atoms with Crippen LogP contribution in [0.1, 0.15) is 43.9 Å². The van der Waals surface area contributed by atoms with Crippen LogP contribution in [0.2, 0.25) is 5.02 Å². The van der Waals surface area contributed by atoms with Crippen molar-refractivity contribution in [1.82, 2.24) is 9.38 Å². The lowest BCUT2D eigenvalue weighted by Gasteiger charge is -2.27. The summed E-state index contributed by atoms with van der Waals surface area (Å²) in [5, 5.41) is 10.6. The van der Waals surface area contributed by atoms with Gasteiger partial charge < -0.3 is 5.11 Å². The molecule has 19 heavy (non-hydrogen) atoms. The van der Waals surface area contributed by atoms with Gasteiger partial charge in [-0.25, -0.2) is 9.37 Å². The van der Waals surface area contributed by atoms with Gasteiger partial charge in [-0.3, -0.25) is 4.40 Å². The molecule has 0 amide bonds. The van der Waals surface area contributed by atoms with Crippen molar-refractivity contribution in [3.05, 3.63) is 35.1 Å². The minimum absolute atomic E-state index is 0.0397. The molecule has 0 aliphatic heterocycles. The number of pyridine rings is 1. The molecule has 1 fully saturated rings. The zero-order chi connectivity index (χ0) is 13.4. The Morgan fingerprint density at radius 2 is 2.11 bits per heavy atom. The van der Waals surface area contributed by atoms with Gasteiger partial charge in [-0.1, -0.05) is 30.9 Å². The Morgan fingerprint density at radius 3 is 2.84 bits per heavy atom. The first-order chi connectivity index (χ1) is 9.18. The Labute approximate surface area is 116 Å². The highest BCUT2D eigenvalue weighted by atomic mass is 35.5. The van der Waals surface area contributed by atoms with Crippen molar-refractivity contribution in [3.63, 3.8) is 0 Å². The molecule has 2 aromatic heterocycles. The molecular weight excluding hydrogens is 267 g/mol. The predicted molar refractivity (Wildman–Crippen MR) is 71.7 cm³/mol. The smallest absolute Gasteiger partial charge is 0.164 e. The van der Waals surface area contributed by atoms with Crippen molar-refractivity contribution in [1.29, 1.82) is 0 Å². The molecule has 0 saturated heterocycles. The number of hydrogen-bond donors (Lipinski definition) is 1. The van der Waals surface area contributed by atoms with Crippen LogP contribution < -0.4 is 0 Å². The number of fused-ring (bicyclic) bond motifs is 1. The second kappa shape index (κ2) is 5.10. The Balaban J connectivity index is 2.07. The van der Waals surface area contributed by atoms with E-state index in [1.165, 1.54) is 18.8 Å². The molecule has 0 aromatic carbocycles. The van der Waals surface area contributed by atoms with E-state index in [2.05, 4.69) is 4.98 Å². The van der Waals surface area contributed by atoms with E-state index in [0.29, 0.717) is 5.52 Å². The first-order valence-corrected chi connectivity index (χ1v) is 7.04. The maximum atomic E-state index is 14.3. The van der Waals surface area contributed by atoms with E-state index < -0.39 is 11.9 Å². The molecule has 0 radical (unpaired) electrons.